The summed E-state index contributed by atoms with van der Waals surface area (Å²) < 4.78 is 5.53. The van der Waals surface area contributed by atoms with Gasteiger partial charge in [-0.3, -0.25) is 4.79 Å². The molecular formula is C22H29NO2. The smallest absolute Gasteiger partial charge is 0.307 e. The lowest BCUT2D eigenvalue weighted by Gasteiger charge is -2.27. The molecule has 0 aliphatic heterocycles. The predicted molar refractivity (Wildman–Crippen MR) is 102 cm³/mol. The lowest BCUT2D eigenvalue weighted by molar-refractivity contribution is -0.155. The first-order valence-electron chi connectivity index (χ1n) is 8.89. The van der Waals surface area contributed by atoms with Gasteiger partial charge in [0.25, 0.3) is 0 Å². The highest BCUT2D eigenvalue weighted by molar-refractivity contribution is 5.70. The van der Waals surface area contributed by atoms with E-state index in [0.29, 0.717) is 6.42 Å². The van der Waals surface area contributed by atoms with Crippen LogP contribution in [-0.4, -0.2) is 17.6 Å². The molecule has 0 saturated carbocycles. The normalized spacial score (nSPS) is 13.9. The van der Waals surface area contributed by atoms with Gasteiger partial charge in [-0.25, -0.2) is 0 Å². The van der Waals surface area contributed by atoms with Crippen molar-refractivity contribution in [1.82, 2.24) is 5.32 Å². The lowest BCUT2D eigenvalue weighted by Crippen LogP contribution is -2.37. The second-order valence-electron chi connectivity index (χ2n) is 7.46. The Kier molecular flexibility index (Phi) is 6.77. The molecule has 3 heteroatoms. The molecule has 2 aromatic carbocycles. The van der Waals surface area contributed by atoms with Gasteiger partial charge in [-0.1, -0.05) is 67.6 Å². The average Bonchev–Trinajstić information content (AvgIpc) is 2.58. The van der Waals surface area contributed by atoms with Crippen LogP contribution in [0.15, 0.2) is 60.7 Å². The summed E-state index contributed by atoms with van der Waals surface area (Å²) in [7, 11) is 0. The number of rotatable bonds is 7. The molecule has 0 aliphatic carbocycles. The zero-order valence-corrected chi connectivity index (χ0v) is 15.7. The number of carbonyl (C=O) groups is 1. The fourth-order valence-corrected chi connectivity index (χ4v) is 2.82. The molecule has 0 amide bonds. The highest BCUT2D eigenvalue weighted by Gasteiger charge is 2.25. The van der Waals surface area contributed by atoms with Crippen LogP contribution in [0.2, 0.25) is 0 Å². The maximum Gasteiger partial charge on any atom is 0.307 e. The van der Waals surface area contributed by atoms with Gasteiger partial charge < -0.3 is 10.1 Å². The molecule has 2 rings (SSSR count). The van der Waals surface area contributed by atoms with Crippen LogP contribution in [0.4, 0.5) is 0 Å². The Morgan fingerprint density at radius 1 is 1.00 bits per heavy atom. The van der Waals surface area contributed by atoms with Crippen molar-refractivity contribution < 1.29 is 9.53 Å². The molecule has 0 heterocycles. The van der Waals surface area contributed by atoms with Crippen LogP contribution < -0.4 is 5.32 Å². The van der Waals surface area contributed by atoms with Crippen molar-refractivity contribution in [2.75, 3.05) is 0 Å². The van der Waals surface area contributed by atoms with Crippen LogP contribution >= 0.6 is 0 Å². The second kappa shape index (κ2) is 8.82. The molecule has 0 bridgehead atoms. The summed E-state index contributed by atoms with van der Waals surface area (Å²) in [6.45, 7) is 8.58. The van der Waals surface area contributed by atoms with E-state index in [0.717, 1.165) is 6.54 Å². The van der Waals surface area contributed by atoms with Crippen LogP contribution in [0, 0.1) is 0 Å². The first-order valence-corrected chi connectivity index (χ1v) is 8.89. The van der Waals surface area contributed by atoms with Gasteiger partial charge in [-0.15, -0.1) is 0 Å². The first-order chi connectivity index (χ1) is 11.8. The molecule has 1 N–H and O–H groups in total. The summed E-state index contributed by atoms with van der Waals surface area (Å²) >= 11 is 0. The molecule has 0 aliphatic rings. The second-order valence-corrected chi connectivity index (χ2v) is 7.46. The number of ether oxygens (including phenoxy) is 1. The molecule has 2 aromatic rings. The monoisotopic (exact) mass is 339 g/mol. The number of carbonyl (C=O) groups excluding carboxylic acids is 1. The maximum atomic E-state index is 12.4. The molecular weight excluding hydrogens is 310 g/mol. The van der Waals surface area contributed by atoms with Crippen molar-refractivity contribution in [1.29, 1.82) is 0 Å². The molecule has 0 fully saturated rings. The highest BCUT2D eigenvalue weighted by Crippen LogP contribution is 2.23. The fraction of sp³-hybridized carbons (Fsp3) is 0.409. The predicted octanol–water partition coefficient (Wildman–Crippen LogP) is 4.68. The van der Waals surface area contributed by atoms with E-state index in [9.17, 15) is 4.79 Å². The van der Waals surface area contributed by atoms with Crippen molar-refractivity contribution in [2.45, 2.75) is 58.2 Å². The summed E-state index contributed by atoms with van der Waals surface area (Å²) in [6, 6.07) is 20.5. The third-order valence-electron chi connectivity index (χ3n) is 4.15. The zero-order chi connectivity index (χ0) is 18.3. The number of benzene rings is 2. The highest BCUT2D eigenvalue weighted by atomic mass is 16.6. The third-order valence-corrected chi connectivity index (χ3v) is 4.15. The Balaban J connectivity index is 2.08. The van der Waals surface area contributed by atoms with Crippen LogP contribution in [0.5, 0.6) is 0 Å². The van der Waals surface area contributed by atoms with Gasteiger partial charge in [0.05, 0.1) is 6.42 Å². The number of nitrogens with one attached hydrogen (secondary N) is 1. The van der Waals surface area contributed by atoms with E-state index < -0.39 is 5.60 Å². The Morgan fingerprint density at radius 3 is 2.12 bits per heavy atom. The van der Waals surface area contributed by atoms with Crippen molar-refractivity contribution in [3.05, 3.63) is 71.8 Å². The fourth-order valence-electron chi connectivity index (χ4n) is 2.82. The van der Waals surface area contributed by atoms with E-state index in [1.54, 1.807) is 0 Å². The maximum absolute atomic E-state index is 12.4. The van der Waals surface area contributed by atoms with E-state index in [-0.39, 0.29) is 17.9 Å². The van der Waals surface area contributed by atoms with Crippen molar-refractivity contribution >= 4 is 5.97 Å². The Hall–Kier alpha value is -2.13. The minimum atomic E-state index is -0.461. The topological polar surface area (TPSA) is 38.3 Å². The first kappa shape index (κ1) is 19.2. The minimum Gasteiger partial charge on any atom is -0.460 e. The zero-order valence-electron chi connectivity index (χ0n) is 15.7. The standard InChI is InChI=1S/C22H29NO2/c1-17(19-13-9-6-10-14-19)20(15-21(24)25-22(2,3)4)23-16-18-11-7-5-8-12-18/h5-14,17,20,23H,15-16H2,1-4H3/t17-,20+/m0/s1. The van der Waals surface area contributed by atoms with Gasteiger partial charge in [0, 0.05) is 12.6 Å². The number of hydrogen-bond donors (Lipinski definition) is 1. The number of esters is 1. The Labute approximate surface area is 151 Å². The molecule has 0 spiro atoms. The van der Waals surface area contributed by atoms with Gasteiger partial charge in [0.1, 0.15) is 5.60 Å². The molecule has 0 aromatic heterocycles. The van der Waals surface area contributed by atoms with Crippen LogP contribution in [-0.2, 0) is 16.1 Å². The molecule has 2 atom stereocenters. The van der Waals surface area contributed by atoms with Gasteiger partial charge in [0.2, 0.25) is 0 Å². The van der Waals surface area contributed by atoms with Crippen molar-refractivity contribution in [3.8, 4) is 0 Å². The lowest BCUT2D eigenvalue weighted by atomic mass is 9.91. The van der Waals surface area contributed by atoms with Gasteiger partial charge >= 0.3 is 5.97 Å². The quantitative estimate of drug-likeness (QED) is 0.744. The average molecular weight is 339 g/mol. The summed E-state index contributed by atoms with van der Waals surface area (Å²) in [5, 5.41) is 3.55. The largest absolute Gasteiger partial charge is 0.460 e. The van der Waals surface area contributed by atoms with Crippen LogP contribution in [0.1, 0.15) is 51.2 Å². The van der Waals surface area contributed by atoms with E-state index in [1.807, 2.05) is 57.2 Å². The van der Waals surface area contributed by atoms with Crippen molar-refractivity contribution in [2.24, 2.45) is 0 Å². The summed E-state index contributed by atoms with van der Waals surface area (Å²) in [4.78, 5) is 12.4. The summed E-state index contributed by atoms with van der Waals surface area (Å²) in [6.07, 6.45) is 0.347. The van der Waals surface area contributed by atoms with Gasteiger partial charge in [-0.05, 0) is 37.8 Å². The molecule has 0 radical (unpaired) electrons. The molecule has 134 valence electrons. The van der Waals surface area contributed by atoms with Gasteiger partial charge in [0.15, 0.2) is 0 Å². The van der Waals surface area contributed by atoms with E-state index in [1.165, 1.54) is 11.1 Å². The third kappa shape index (κ3) is 6.71. The van der Waals surface area contributed by atoms with E-state index in [2.05, 4.69) is 36.5 Å². The van der Waals surface area contributed by atoms with Crippen LogP contribution in [0.3, 0.4) is 0 Å². The van der Waals surface area contributed by atoms with Crippen LogP contribution in [0.25, 0.3) is 0 Å². The number of hydrogen-bond acceptors (Lipinski definition) is 3. The molecule has 0 unspecified atom stereocenters. The summed E-state index contributed by atoms with van der Waals surface area (Å²) in [5.41, 5.74) is 1.96. The Morgan fingerprint density at radius 2 is 1.56 bits per heavy atom. The Bertz CT molecular complexity index is 647. The molecule has 0 saturated heterocycles. The van der Waals surface area contributed by atoms with E-state index >= 15 is 0 Å². The summed E-state index contributed by atoms with van der Waals surface area (Å²) in [5.74, 6) is 0.0401. The van der Waals surface area contributed by atoms with Gasteiger partial charge in [-0.2, -0.15) is 0 Å². The SMILES string of the molecule is C[C@@H](c1ccccc1)[C@@H](CC(=O)OC(C)(C)C)NCc1ccccc1. The van der Waals surface area contributed by atoms with Crippen molar-refractivity contribution in [3.63, 3.8) is 0 Å². The minimum absolute atomic E-state index is 0.0115. The molecule has 25 heavy (non-hydrogen) atoms. The molecule has 3 nitrogen and oxygen atoms in total. The van der Waals surface area contributed by atoms with E-state index in [4.69, 9.17) is 4.74 Å².